The number of ether oxygens (including phenoxy) is 2. The molecule has 1 amide bonds. The van der Waals surface area contributed by atoms with Crippen LogP contribution >= 0.6 is 0 Å². The van der Waals surface area contributed by atoms with Gasteiger partial charge in [-0.1, -0.05) is 45.0 Å². The van der Waals surface area contributed by atoms with E-state index in [2.05, 4.69) is 31.0 Å². The fourth-order valence-corrected chi connectivity index (χ4v) is 3.28. The molecule has 4 rings (SSSR count). The molecule has 1 aliphatic rings. The number of amides is 1. The summed E-state index contributed by atoms with van der Waals surface area (Å²) in [5, 5.41) is 18.8. The summed E-state index contributed by atoms with van der Waals surface area (Å²) in [7, 11) is 1.72. The van der Waals surface area contributed by atoms with E-state index in [0.29, 0.717) is 16.9 Å². The van der Waals surface area contributed by atoms with Crippen molar-refractivity contribution in [1.82, 2.24) is 4.57 Å². The van der Waals surface area contributed by atoms with Gasteiger partial charge in [0, 0.05) is 12.4 Å². The number of carbonyl (C=O) groups excluding carboxylic acids is 1. The van der Waals surface area contributed by atoms with E-state index in [4.69, 9.17) is 9.47 Å². The lowest BCUT2D eigenvalue weighted by atomic mass is 9.87. The first-order valence-corrected chi connectivity index (χ1v) is 9.41. The maximum absolute atomic E-state index is 12.6. The second-order valence-corrected chi connectivity index (χ2v) is 8.12. The number of azo groups is 1. The van der Waals surface area contributed by atoms with Crippen LogP contribution < -0.4 is 9.47 Å². The molecule has 1 aromatic heterocycles. The van der Waals surface area contributed by atoms with Gasteiger partial charge >= 0.3 is 5.91 Å². The van der Waals surface area contributed by atoms with Gasteiger partial charge in [-0.3, -0.25) is 4.79 Å². The fraction of sp³-hybridized carbons (Fsp3) is 0.318. The smallest absolute Gasteiger partial charge is 0.308 e. The lowest BCUT2D eigenvalue weighted by molar-refractivity contribution is -0.127. The molecule has 0 radical (unpaired) electrons. The molecular formula is C22H23N3O4. The van der Waals surface area contributed by atoms with Gasteiger partial charge in [0.1, 0.15) is 6.61 Å². The molecule has 0 bridgehead atoms. The third-order valence-corrected chi connectivity index (χ3v) is 5.04. The summed E-state index contributed by atoms with van der Waals surface area (Å²) in [5.74, 6) is 0.504. The maximum Gasteiger partial charge on any atom is 0.308 e. The molecule has 0 fully saturated rings. The average molecular weight is 393 g/mol. The minimum absolute atomic E-state index is 0.0521. The van der Waals surface area contributed by atoms with Crippen molar-refractivity contribution >= 4 is 22.5 Å². The largest absolute Gasteiger partial charge is 0.493 e. The van der Waals surface area contributed by atoms with Crippen molar-refractivity contribution in [3.05, 3.63) is 48.0 Å². The number of nitrogens with zero attached hydrogens (tertiary/aromatic N) is 3. The molecule has 1 atom stereocenters. The zero-order chi connectivity index (χ0) is 20.8. The molecule has 0 saturated heterocycles. The van der Waals surface area contributed by atoms with E-state index in [1.807, 2.05) is 42.5 Å². The van der Waals surface area contributed by atoms with Crippen LogP contribution in [0.15, 0.2) is 52.7 Å². The van der Waals surface area contributed by atoms with Crippen LogP contribution in [-0.2, 0) is 17.3 Å². The average Bonchev–Trinajstić information content (AvgIpc) is 2.95. The zero-order valence-corrected chi connectivity index (χ0v) is 16.8. The molecule has 2 aromatic carbocycles. The number of aromatic nitrogens is 1. The van der Waals surface area contributed by atoms with E-state index in [9.17, 15) is 9.90 Å². The molecule has 0 spiro atoms. The van der Waals surface area contributed by atoms with Crippen molar-refractivity contribution in [2.75, 3.05) is 6.61 Å². The first kappa shape index (κ1) is 19.0. The first-order valence-electron chi connectivity index (χ1n) is 9.41. The minimum Gasteiger partial charge on any atom is -0.493 e. The Balaban J connectivity index is 1.57. The third kappa shape index (κ3) is 3.44. The molecule has 7 nitrogen and oxygen atoms in total. The fourth-order valence-electron chi connectivity index (χ4n) is 3.28. The van der Waals surface area contributed by atoms with Crippen molar-refractivity contribution in [2.24, 2.45) is 17.3 Å². The van der Waals surface area contributed by atoms with Gasteiger partial charge in [-0.05, 0) is 29.2 Å². The minimum atomic E-state index is -0.890. The lowest BCUT2D eigenvalue weighted by Gasteiger charge is -2.27. The van der Waals surface area contributed by atoms with Crippen LogP contribution in [0.2, 0.25) is 0 Å². The van der Waals surface area contributed by atoms with E-state index in [0.717, 1.165) is 11.1 Å². The van der Waals surface area contributed by atoms with E-state index in [-0.39, 0.29) is 23.6 Å². The van der Waals surface area contributed by atoms with E-state index in [1.54, 1.807) is 11.6 Å². The van der Waals surface area contributed by atoms with Gasteiger partial charge in [0.05, 0.1) is 5.52 Å². The van der Waals surface area contributed by atoms with E-state index >= 15 is 0 Å². The van der Waals surface area contributed by atoms with Gasteiger partial charge in [0.25, 0.3) is 0 Å². The van der Waals surface area contributed by atoms with Crippen LogP contribution in [0.5, 0.6) is 17.4 Å². The zero-order valence-electron chi connectivity index (χ0n) is 16.8. The molecular weight excluding hydrogens is 370 g/mol. The summed E-state index contributed by atoms with van der Waals surface area (Å²) in [6.07, 6.45) is -0.890. The molecule has 1 aliphatic heterocycles. The molecule has 0 saturated carbocycles. The molecule has 2 heterocycles. The monoisotopic (exact) mass is 393 g/mol. The number of benzene rings is 2. The van der Waals surface area contributed by atoms with Gasteiger partial charge in [-0.25, -0.2) is 0 Å². The van der Waals surface area contributed by atoms with Crippen LogP contribution in [0.1, 0.15) is 26.3 Å². The van der Waals surface area contributed by atoms with Crippen molar-refractivity contribution in [3.63, 3.8) is 0 Å². The highest BCUT2D eigenvalue weighted by Gasteiger charge is 2.29. The Morgan fingerprint density at radius 1 is 1.17 bits per heavy atom. The predicted octanol–water partition coefficient (Wildman–Crippen LogP) is 4.63. The first-order chi connectivity index (χ1) is 13.8. The van der Waals surface area contributed by atoms with Crippen molar-refractivity contribution in [2.45, 2.75) is 32.3 Å². The maximum atomic E-state index is 12.6. The highest BCUT2D eigenvalue weighted by atomic mass is 16.6. The van der Waals surface area contributed by atoms with Gasteiger partial charge in [-0.15, -0.1) is 10.2 Å². The van der Waals surface area contributed by atoms with E-state index in [1.165, 1.54) is 0 Å². The summed E-state index contributed by atoms with van der Waals surface area (Å²) in [6.45, 7) is 6.37. The highest BCUT2D eigenvalue weighted by Crippen LogP contribution is 2.39. The number of fused-ring (bicyclic) bond motifs is 2. The Morgan fingerprint density at radius 3 is 2.69 bits per heavy atom. The standard InChI is InChI=1S/C22H23N3O4/c1-22(2,3)13-9-10-16-17(11-13)29-18(12-28-16)20(26)24-23-19-14-7-5-6-8-15(14)25(4)21(19)27/h5-11,18,27H,12H2,1-4H3/t18-/m1/s1. The van der Waals surface area contributed by atoms with Crippen LogP contribution in [0.3, 0.4) is 0 Å². The van der Waals surface area contributed by atoms with Crippen molar-refractivity contribution in [3.8, 4) is 17.4 Å². The number of hydrogen-bond acceptors (Lipinski definition) is 5. The van der Waals surface area contributed by atoms with Gasteiger partial charge in [0.2, 0.25) is 12.0 Å². The highest BCUT2D eigenvalue weighted by molar-refractivity contribution is 5.95. The summed E-state index contributed by atoms with van der Waals surface area (Å²) < 4.78 is 13.1. The van der Waals surface area contributed by atoms with Crippen molar-refractivity contribution < 1.29 is 19.4 Å². The molecule has 7 heteroatoms. The number of aryl methyl sites for hydroxylation is 1. The molecule has 150 valence electrons. The quantitative estimate of drug-likeness (QED) is 0.643. The number of hydrogen-bond donors (Lipinski definition) is 1. The molecule has 0 unspecified atom stereocenters. The number of para-hydroxylation sites is 1. The Kier molecular flexibility index (Phi) is 4.53. The molecule has 0 aliphatic carbocycles. The van der Waals surface area contributed by atoms with Gasteiger partial charge in [0.15, 0.2) is 17.2 Å². The topological polar surface area (TPSA) is 85.4 Å². The summed E-state index contributed by atoms with van der Waals surface area (Å²) in [5.41, 5.74) is 2.08. The van der Waals surface area contributed by atoms with Crippen LogP contribution in [0.4, 0.5) is 5.69 Å². The van der Waals surface area contributed by atoms with Crippen LogP contribution in [-0.4, -0.2) is 28.3 Å². The SMILES string of the molecule is Cn1c(O)c(N=NC(=O)[C@H]2COc3ccc(C(C)(C)C)cc3O2)c2ccccc21. The Bertz CT molecular complexity index is 1130. The van der Waals surface area contributed by atoms with Crippen molar-refractivity contribution in [1.29, 1.82) is 0 Å². The molecule has 29 heavy (non-hydrogen) atoms. The number of carbonyl (C=O) groups is 1. The third-order valence-electron chi connectivity index (χ3n) is 5.04. The number of aromatic hydroxyl groups is 1. The predicted molar refractivity (Wildman–Crippen MR) is 109 cm³/mol. The Labute approximate surface area is 168 Å². The van der Waals surface area contributed by atoms with E-state index < -0.39 is 12.0 Å². The normalized spacial score (nSPS) is 16.5. The summed E-state index contributed by atoms with van der Waals surface area (Å²) in [6, 6.07) is 13.1. The molecule has 3 aromatic rings. The van der Waals surface area contributed by atoms with Gasteiger partial charge < -0.3 is 19.1 Å². The number of rotatable bonds is 2. The summed E-state index contributed by atoms with van der Waals surface area (Å²) in [4.78, 5) is 12.6. The Morgan fingerprint density at radius 2 is 1.93 bits per heavy atom. The molecule has 1 N–H and O–H groups in total. The second-order valence-electron chi connectivity index (χ2n) is 8.12. The lowest BCUT2D eigenvalue weighted by Crippen LogP contribution is -2.35. The second kappa shape index (κ2) is 6.92. The summed E-state index contributed by atoms with van der Waals surface area (Å²) >= 11 is 0. The van der Waals surface area contributed by atoms with Crippen LogP contribution in [0.25, 0.3) is 10.9 Å². The van der Waals surface area contributed by atoms with Gasteiger partial charge in [-0.2, -0.15) is 0 Å². The Hall–Kier alpha value is -3.35. The van der Waals surface area contributed by atoms with Crippen LogP contribution in [0, 0.1) is 0 Å².